The van der Waals surface area contributed by atoms with E-state index in [1.165, 1.54) is 38.0 Å². The number of benzene rings is 1. The first kappa shape index (κ1) is 14.7. The van der Waals surface area contributed by atoms with Crippen molar-refractivity contribution in [3.05, 3.63) is 23.8 Å². The second-order valence-corrected chi connectivity index (χ2v) is 6.51. The fourth-order valence-electron chi connectivity index (χ4n) is 3.40. The molecule has 1 fully saturated rings. The molecule has 3 rings (SSSR count). The largest absolute Gasteiger partial charge is 0.489 e. The molecule has 0 aliphatic carbocycles. The van der Waals surface area contributed by atoms with Gasteiger partial charge in [0.05, 0.1) is 5.69 Å². The fraction of sp³-hybridized carbons (Fsp3) is 0.647. The van der Waals surface area contributed by atoms with Crippen molar-refractivity contribution < 1.29 is 4.74 Å². The number of likely N-dealkylation sites (tertiary alicyclic amines) is 1. The standard InChI is InChI=1S/C17H27N3O/c1-19-9-6-14(7-10-19)12-20(2)13-15-4-3-5-16-17(15)21-11-8-18-16/h3-5,14,18H,6-13H2,1-2H3. The summed E-state index contributed by atoms with van der Waals surface area (Å²) in [6.07, 6.45) is 2.65. The van der Waals surface area contributed by atoms with Crippen LogP contribution in [0.25, 0.3) is 0 Å². The Hall–Kier alpha value is -1.26. The highest BCUT2D eigenvalue weighted by Crippen LogP contribution is 2.32. The molecule has 0 radical (unpaired) electrons. The Morgan fingerprint density at radius 1 is 1.33 bits per heavy atom. The minimum Gasteiger partial charge on any atom is -0.489 e. The quantitative estimate of drug-likeness (QED) is 0.920. The fourth-order valence-corrected chi connectivity index (χ4v) is 3.40. The van der Waals surface area contributed by atoms with Crippen LogP contribution in [0.15, 0.2) is 18.2 Å². The van der Waals surface area contributed by atoms with Gasteiger partial charge in [0.25, 0.3) is 0 Å². The summed E-state index contributed by atoms with van der Waals surface area (Å²) >= 11 is 0. The van der Waals surface area contributed by atoms with Crippen molar-refractivity contribution in [2.24, 2.45) is 5.92 Å². The van der Waals surface area contributed by atoms with Crippen molar-refractivity contribution in [1.29, 1.82) is 0 Å². The first-order valence-corrected chi connectivity index (χ1v) is 8.08. The molecular formula is C17H27N3O. The van der Waals surface area contributed by atoms with E-state index < -0.39 is 0 Å². The van der Waals surface area contributed by atoms with Crippen molar-refractivity contribution in [3.8, 4) is 5.75 Å². The van der Waals surface area contributed by atoms with Crippen LogP contribution in [-0.4, -0.2) is 56.7 Å². The van der Waals surface area contributed by atoms with Crippen LogP contribution in [-0.2, 0) is 6.54 Å². The van der Waals surface area contributed by atoms with Crippen LogP contribution in [0.3, 0.4) is 0 Å². The number of hydrogen-bond acceptors (Lipinski definition) is 4. The maximum Gasteiger partial charge on any atom is 0.146 e. The van der Waals surface area contributed by atoms with E-state index in [-0.39, 0.29) is 0 Å². The van der Waals surface area contributed by atoms with Gasteiger partial charge < -0.3 is 19.9 Å². The van der Waals surface area contributed by atoms with Gasteiger partial charge in [-0.3, -0.25) is 0 Å². The number of fused-ring (bicyclic) bond motifs is 1. The van der Waals surface area contributed by atoms with Crippen LogP contribution < -0.4 is 10.1 Å². The lowest BCUT2D eigenvalue weighted by Crippen LogP contribution is -2.35. The molecule has 0 amide bonds. The van der Waals surface area contributed by atoms with Gasteiger partial charge in [-0.25, -0.2) is 0 Å². The Labute approximate surface area is 128 Å². The third-order valence-corrected chi connectivity index (χ3v) is 4.61. The van der Waals surface area contributed by atoms with Crippen LogP contribution in [0, 0.1) is 5.92 Å². The van der Waals surface area contributed by atoms with Crippen molar-refractivity contribution in [1.82, 2.24) is 9.80 Å². The minimum absolute atomic E-state index is 0.767. The molecule has 1 aromatic rings. The van der Waals surface area contributed by atoms with E-state index in [0.717, 1.165) is 37.1 Å². The van der Waals surface area contributed by atoms with Gasteiger partial charge in [-0.15, -0.1) is 0 Å². The summed E-state index contributed by atoms with van der Waals surface area (Å²) in [7, 11) is 4.45. The molecule has 1 saturated heterocycles. The first-order chi connectivity index (χ1) is 10.2. The van der Waals surface area contributed by atoms with Crippen molar-refractivity contribution in [2.75, 3.05) is 52.2 Å². The molecule has 4 nitrogen and oxygen atoms in total. The Morgan fingerprint density at radius 2 is 2.14 bits per heavy atom. The van der Waals surface area contributed by atoms with Crippen molar-refractivity contribution in [2.45, 2.75) is 19.4 Å². The summed E-state index contributed by atoms with van der Waals surface area (Å²) in [5, 5.41) is 3.41. The smallest absolute Gasteiger partial charge is 0.146 e. The third kappa shape index (κ3) is 3.69. The molecule has 21 heavy (non-hydrogen) atoms. The zero-order valence-electron chi connectivity index (χ0n) is 13.3. The van der Waals surface area contributed by atoms with Crippen LogP contribution in [0.2, 0.25) is 0 Å². The summed E-state index contributed by atoms with van der Waals surface area (Å²) in [5.41, 5.74) is 2.45. The van der Waals surface area contributed by atoms with Crippen molar-refractivity contribution in [3.63, 3.8) is 0 Å². The number of piperidine rings is 1. The predicted molar refractivity (Wildman–Crippen MR) is 87.0 cm³/mol. The summed E-state index contributed by atoms with van der Waals surface area (Å²) in [4.78, 5) is 4.88. The summed E-state index contributed by atoms with van der Waals surface area (Å²) in [6.45, 7) is 6.31. The Balaban J connectivity index is 1.58. The second-order valence-electron chi connectivity index (χ2n) is 6.51. The minimum atomic E-state index is 0.767. The molecule has 1 N–H and O–H groups in total. The average molecular weight is 289 g/mol. The number of ether oxygens (including phenoxy) is 1. The molecular weight excluding hydrogens is 262 g/mol. The predicted octanol–water partition coefficient (Wildman–Crippen LogP) is 2.26. The molecule has 0 unspecified atom stereocenters. The SMILES string of the molecule is CN1CCC(CN(C)Cc2cccc3c2OCCN3)CC1. The van der Waals surface area contributed by atoms with Crippen LogP contribution in [0.1, 0.15) is 18.4 Å². The van der Waals surface area contributed by atoms with E-state index in [1.54, 1.807) is 0 Å². The van der Waals surface area contributed by atoms with E-state index in [4.69, 9.17) is 4.74 Å². The Bertz CT molecular complexity index is 469. The number of nitrogens with one attached hydrogen (secondary N) is 1. The molecule has 0 saturated carbocycles. The number of rotatable bonds is 4. The average Bonchev–Trinajstić information content (AvgIpc) is 2.50. The van der Waals surface area contributed by atoms with Crippen LogP contribution in [0.5, 0.6) is 5.75 Å². The van der Waals surface area contributed by atoms with E-state index >= 15 is 0 Å². The van der Waals surface area contributed by atoms with Gasteiger partial charge in [-0.05, 0) is 52.0 Å². The molecule has 0 atom stereocenters. The maximum absolute atomic E-state index is 5.86. The monoisotopic (exact) mass is 289 g/mol. The maximum atomic E-state index is 5.86. The normalized spacial score (nSPS) is 20.0. The number of nitrogens with zero attached hydrogens (tertiary/aromatic N) is 2. The molecule has 0 aromatic heterocycles. The Kier molecular flexibility index (Phi) is 4.66. The van der Waals surface area contributed by atoms with Gasteiger partial charge in [0.2, 0.25) is 0 Å². The van der Waals surface area contributed by atoms with Gasteiger partial charge in [-0.1, -0.05) is 12.1 Å². The molecule has 1 aromatic carbocycles. The molecule has 0 bridgehead atoms. The lowest BCUT2D eigenvalue weighted by atomic mass is 9.96. The molecule has 0 spiro atoms. The van der Waals surface area contributed by atoms with Gasteiger partial charge in [0.15, 0.2) is 0 Å². The number of hydrogen-bond donors (Lipinski definition) is 1. The van der Waals surface area contributed by atoms with Gasteiger partial charge >= 0.3 is 0 Å². The summed E-state index contributed by atoms with van der Waals surface area (Å²) < 4.78 is 5.86. The number of para-hydroxylation sites is 1. The third-order valence-electron chi connectivity index (χ3n) is 4.61. The summed E-state index contributed by atoms with van der Waals surface area (Å²) in [6, 6.07) is 6.42. The molecule has 2 heterocycles. The van der Waals surface area contributed by atoms with Gasteiger partial charge in [-0.2, -0.15) is 0 Å². The Morgan fingerprint density at radius 3 is 2.95 bits per heavy atom. The van der Waals surface area contributed by atoms with E-state index in [2.05, 4.69) is 47.4 Å². The summed E-state index contributed by atoms with van der Waals surface area (Å²) in [5.74, 6) is 1.89. The van der Waals surface area contributed by atoms with E-state index in [1.807, 2.05) is 0 Å². The van der Waals surface area contributed by atoms with E-state index in [9.17, 15) is 0 Å². The zero-order valence-corrected chi connectivity index (χ0v) is 13.3. The van der Waals surface area contributed by atoms with Gasteiger partial charge in [0, 0.05) is 25.2 Å². The molecule has 4 heteroatoms. The number of anilines is 1. The zero-order chi connectivity index (χ0) is 14.7. The van der Waals surface area contributed by atoms with E-state index in [0.29, 0.717) is 0 Å². The lowest BCUT2D eigenvalue weighted by molar-refractivity contribution is 0.172. The first-order valence-electron chi connectivity index (χ1n) is 8.08. The lowest BCUT2D eigenvalue weighted by Gasteiger charge is -2.32. The van der Waals surface area contributed by atoms with Crippen LogP contribution in [0.4, 0.5) is 5.69 Å². The molecule has 116 valence electrons. The molecule has 2 aliphatic rings. The highest BCUT2D eigenvalue weighted by molar-refractivity contribution is 5.61. The van der Waals surface area contributed by atoms with Crippen LogP contribution >= 0.6 is 0 Å². The topological polar surface area (TPSA) is 27.7 Å². The van der Waals surface area contributed by atoms with Crippen molar-refractivity contribution >= 4 is 5.69 Å². The van der Waals surface area contributed by atoms with Gasteiger partial charge in [0.1, 0.15) is 12.4 Å². The second kappa shape index (κ2) is 6.67. The highest BCUT2D eigenvalue weighted by atomic mass is 16.5. The highest BCUT2D eigenvalue weighted by Gasteiger charge is 2.20. The molecule has 2 aliphatic heterocycles.